The first-order valence-corrected chi connectivity index (χ1v) is 8.19. The number of halogens is 3. The predicted molar refractivity (Wildman–Crippen MR) is 93.5 cm³/mol. The lowest BCUT2D eigenvalue weighted by molar-refractivity contribution is -0.141. The van der Waals surface area contributed by atoms with Crippen molar-refractivity contribution >= 4 is 11.6 Å². The van der Waals surface area contributed by atoms with Gasteiger partial charge in [-0.2, -0.15) is 23.4 Å². The summed E-state index contributed by atoms with van der Waals surface area (Å²) in [5, 5.41) is 12.3. The van der Waals surface area contributed by atoms with Crippen LogP contribution < -0.4 is 5.32 Å². The Morgan fingerprint density at radius 2 is 1.93 bits per heavy atom. The van der Waals surface area contributed by atoms with Crippen molar-refractivity contribution in [1.29, 1.82) is 0 Å². The molecular formula is C18H18F3N5O. The van der Waals surface area contributed by atoms with Crippen molar-refractivity contribution in [2.75, 3.05) is 5.32 Å². The largest absolute Gasteiger partial charge is 0.432 e. The number of aromatic amines is 1. The minimum Gasteiger partial charge on any atom is -0.317 e. The molecule has 0 saturated carbocycles. The van der Waals surface area contributed by atoms with E-state index >= 15 is 0 Å². The number of alkyl halides is 3. The maximum atomic E-state index is 12.6. The third-order valence-electron chi connectivity index (χ3n) is 4.32. The van der Waals surface area contributed by atoms with Gasteiger partial charge in [-0.25, -0.2) is 0 Å². The Morgan fingerprint density at radius 1 is 1.22 bits per heavy atom. The van der Waals surface area contributed by atoms with Crippen LogP contribution in [-0.4, -0.2) is 25.9 Å². The zero-order chi connectivity index (χ0) is 19.8. The Labute approximate surface area is 153 Å². The minimum absolute atomic E-state index is 0.340. The number of H-pyrrole nitrogens is 1. The molecule has 1 aromatic carbocycles. The van der Waals surface area contributed by atoms with Crippen LogP contribution in [0.5, 0.6) is 0 Å². The lowest BCUT2D eigenvalue weighted by Crippen LogP contribution is -2.14. The molecule has 142 valence electrons. The van der Waals surface area contributed by atoms with E-state index in [-0.39, 0.29) is 5.69 Å². The fourth-order valence-corrected chi connectivity index (χ4v) is 2.74. The smallest absolute Gasteiger partial charge is 0.317 e. The van der Waals surface area contributed by atoms with Gasteiger partial charge >= 0.3 is 6.18 Å². The molecule has 3 rings (SSSR count). The summed E-state index contributed by atoms with van der Waals surface area (Å²) >= 11 is 0. The fraction of sp³-hybridized carbons (Fsp3) is 0.278. The molecule has 27 heavy (non-hydrogen) atoms. The Balaban J connectivity index is 1.81. The maximum Gasteiger partial charge on any atom is 0.432 e. The minimum atomic E-state index is -4.59. The number of nitrogens with one attached hydrogen (secondary N) is 2. The zero-order valence-corrected chi connectivity index (χ0v) is 15.0. The van der Waals surface area contributed by atoms with Crippen LogP contribution in [0.15, 0.2) is 30.3 Å². The topological polar surface area (TPSA) is 75.6 Å². The number of carbonyl (C=O) groups excluding carboxylic acids is 1. The van der Waals surface area contributed by atoms with Crippen LogP contribution in [0.4, 0.5) is 18.9 Å². The van der Waals surface area contributed by atoms with Crippen molar-refractivity contribution in [2.24, 2.45) is 0 Å². The molecule has 6 nitrogen and oxygen atoms in total. The lowest BCUT2D eigenvalue weighted by atomic mass is 10.1. The van der Waals surface area contributed by atoms with Crippen LogP contribution in [0.1, 0.15) is 38.7 Å². The lowest BCUT2D eigenvalue weighted by Gasteiger charge is -2.08. The number of benzene rings is 1. The molecule has 0 unspecified atom stereocenters. The fourth-order valence-electron chi connectivity index (χ4n) is 2.74. The molecule has 0 aliphatic carbocycles. The van der Waals surface area contributed by atoms with E-state index < -0.39 is 17.8 Å². The highest BCUT2D eigenvalue weighted by atomic mass is 19.4. The average Bonchev–Trinajstić information content (AvgIpc) is 3.18. The summed E-state index contributed by atoms with van der Waals surface area (Å²) in [6.07, 6.45) is -4.59. The van der Waals surface area contributed by atoms with Gasteiger partial charge in [0.1, 0.15) is 5.69 Å². The molecule has 2 N–H and O–H groups in total. The highest BCUT2D eigenvalue weighted by molar-refractivity contribution is 6.03. The van der Waals surface area contributed by atoms with E-state index in [1.54, 1.807) is 18.5 Å². The van der Waals surface area contributed by atoms with Crippen LogP contribution in [-0.2, 0) is 12.7 Å². The molecule has 3 aromatic rings. The number of hydrogen-bond acceptors (Lipinski definition) is 3. The molecular weight excluding hydrogens is 359 g/mol. The summed E-state index contributed by atoms with van der Waals surface area (Å²) in [5.74, 6) is -0.733. The Kier molecular flexibility index (Phi) is 4.77. The molecule has 0 radical (unpaired) electrons. The third kappa shape index (κ3) is 3.86. The van der Waals surface area contributed by atoms with E-state index in [1.807, 2.05) is 36.3 Å². The highest BCUT2D eigenvalue weighted by Crippen LogP contribution is 2.28. The second-order valence-corrected chi connectivity index (χ2v) is 6.25. The molecule has 2 aromatic heterocycles. The van der Waals surface area contributed by atoms with Crippen molar-refractivity contribution in [2.45, 2.75) is 33.5 Å². The number of amides is 1. The number of hydrogen-bond donors (Lipinski definition) is 2. The summed E-state index contributed by atoms with van der Waals surface area (Å²) < 4.78 is 39.7. The third-order valence-corrected chi connectivity index (χ3v) is 4.32. The summed E-state index contributed by atoms with van der Waals surface area (Å²) in [6.45, 7) is 6.04. The Hall–Kier alpha value is -3.10. The van der Waals surface area contributed by atoms with Crippen molar-refractivity contribution < 1.29 is 18.0 Å². The molecule has 0 aliphatic rings. The van der Waals surface area contributed by atoms with Crippen LogP contribution in [0.3, 0.4) is 0 Å². The summed E-state index contributed by atoms with van der Waals surface area (Å²) in [7, 11) is 0. The van der Waals surface area contributed by atoms with E-state index in [1.165, 1.54) is 0 Å². The first kappa shape index (κ1) is 18.7. The standard InChI is InChI=1S/C18H18F3N5O/c1-10-6-4-5-7-13(10)9-26-12(3)16(11(2)25-26)22-17(27)14-8-15(24-23-14)18(19,20)21/h4-8H,9H2,1-3H3,(H,22,27)(H,23,24). The number of carbonyl (C=O) groups is 1. The van der Waals surface area contributed by atoms with E-state index in [9.17, 15) is 18.0 Å². The van der Waals surface area contributed by atoms with E-state index in [4.69, 9.17) is 0 Å². The van der Waals surface area contributed by atoms with E-state index in [0.717, 1.165) is 11.1 Å². The van der Waals surface area contributed by atoms with Gasteiger partial charge in [0.2, 0.25) is 0 Å². The number of aryl methyl sites for hydroxylation is 2. The molecule has 0 bridgehead atoms. The quantitative estimate of drug-likeness (QED) is 0.725. The van der Waals surface area contributed by atoms with Gasteiger partial charge in [0, 0.05) is 6.07 Å². The van der Waals surface area contributed by atoms with Crippen molar-refractivity contribution in [3.05, 3.63) is 64.2 Å². The zero-order valence-electron chi connectivity index (χ0n) is 15.0. The van der Waals surface area contributed by atoms with Gasteiger partial charge < -0.3 is 5.32 Å². The number of aromatic nitrogens is 4. The van der Waals surface area contributed by atoms with Gasteiger partial charge in [0.05, 0.1) is 23.6 Å². The molecule has 0 spiro atoms. The number of nitrogens with zero attached hydrogens (tertiary/aromatic N) is 3. The van der Waals surface area contributed by atoms with Crippen molar-refractivity contribution in [1.82, 2.24) is 20.0 Å². The highest BCUT2D eigenvalue weighted by Gasteiger charge is 2.34. The summed E-state index contributed by atoms with van der Waals surface area (Å²) in [5.41, 5.74) is 2.53. The second-order valence-electron chi connectivity index (χ2n) is 6.25. The van der Waals surface area contributed by atoms with E-state index in [0.29, 0.717) is 29.7 Å². The van der Waals surface area contributed by atoms with E-state index in [2.05, 4.69) is 15.5 Å². The molecule has 2 heterocycles. The van der Waals surface area contributed by atoms with Gasteiger partial charge in [-0.05, 0) is 31.9 Å². The van der Waals surface area contributed by atoms with Gasteiger partial charge in [-0.15, -0.1) is 0 Å². The second kappa shape index (κ2) is 6.90. The van der Waals surface area contributed by atoms with Crippen molar-refractivity contribution in [3.63, 3.8) is 0 Å². The number of anilines is 1. The number of rotatable bonds is 4. The Bertz CT molecular complexity index is 987. The van der Waals surface area contributed by atoms with Crippen LogP contribution >= 0.6 is 0 Å². The normalized spacial score (nSPS) is 11.6. The monoisotopic (exact) mass is 377 g/mol. The molecule has 0 fully saturated rings. The molecule has 1 amide bonds. The van der Waals surface area contributed by atoms with Gasteiger partial charge in [0.25, 0.3) is 5.91 Å². The first-order chi connectivity index (χ1) is 12.7. The summed E-state index contributed by atoms with van der Waals surface area (Å²) in [6, 6.07) is 8.56. The van der Waals surface area contributed by atoms with Gasteiger partial charge in [-0.1, -0.05) is 24.3 Å². The molecule has 0 saturated heterocycles. The average molecular weight is 377 g/mol. The maximum absolute atomic E-state index is 12.6. The van der Waals surface area contributed by atoms with Gasteiger partial charge in [0.15, 0.2) is 5.69 Å². The predicted octanol–water partition coefficient (Wildman–Crippen LogP) is 3.85. The van der Waals surface area contributed by atoms with Crippen molar-refractivity contribution in [3.8, 4) is 0 Å². The van der Waals surface area contributed by atoms with Crippen LogP contribution in [0.25, 0.3) is 0 Å². The summed E-state index contributed by atoms with van der Waals surface area (Å²) in [4.78, 5) is 12.3. The van der Waals surface area contributed by atoms with Crippen LogP contribution in [0.2, 0.25) is 0 Å². The first-order valence-electron chi connectivity index (χ1n) is 8.19. The Morgan fingerprint density at radius 3 is 2.56 bits per heavy atom. The molecule has 0 aliphatic heterocycles. The molecule has 0 atom stereocenters. The molecule has 9 heteroatoms. The van der Waals surface area contributed by atoms with Gasteiger partial charge in [-0.3, -0.25) is 14.6 Å². The SMILES string of the molecule is Cc1ccccc1Cn1nc(C)c(NC(=O)c2cc(C(F)(F)F)[nH]n2)c1C. The van der Waals surface area contributed by atoms with Crippen LogP contribution in [0, 0.1) is 20.8 Å².